The summed E-state index contributed by atoms with van der Waals surface area (Å²) in [6, 6.07) is 8.79. The summed E-state index contributed by atoms with van der Waals surface area (Å²) in [4.78, 5) is 0. The lowest BCUT2D eigenvalue weighted by Crippen LogP contribution is -2.21. The second-order valence-electron chi connectivity index (χ2n) is 4.54. The monoisotopic (exact) mass is 247 g/mol. The maximum atomic E-state index is 5.67. The molecule has 1 N–H and O–H groups in total. The van der Waals surface area contributed by atoms with Crippen molar-refractivity contribution in [2.45, 2.75) is 45.8 Å². The third kappa shape index (κ3) is 4.53. The standard InChI is InChI=1S/C16H25NO/c1-5-12-17-16(7-3)14-8-10-15(11-9-14)18-13(4)6-2/h6,8-11,13,16-17H,2,5,7,12H2,1,3-4H3. The van der Waals surface area contributed by atoms with Gasteiger partial charge >= 0.3 is 0 Å². The van der Waals surface area contributed by atoms with Gasteiger partial charge in [0.1, 0.15) is 11.9 Å². The topological polar surface area (TPSA) is 21.3 Å². The molecule has 100 valence electrons. The van der Waals surface area contributed by atoms with Crippen molar-refractivity contribution in [1.82, 2.24) is 5.32 Å². The lowest BCUT2D eigenvalue weighted by molar-refractivity contribution is 0.270. The molecule has 2 heteroatoms. The molecule has 0 aromatic heterocycles. The summed E-state index contributed by atoms with van der Waals surface area (Å²) in [6.45, 7) is 11.2. The molecule has 0 saturated heterocycles. The van der Waals surface area contributed by atoms with Crippen molar-refractivity contribution in [3.8, 4) is 5.75 Å². The average molecular weight is 247 g/mol. The third-order valence-corrected chi connectivity index (χ3v) is 2.99. The van der Waals surface area contributed by atoms with E-state index >= 15 is 0 Å². The summed E-state index contributed by atoms with van der Waals surface area (Å²) in [6.07, 6.45) is 4.11. The molecule has 0 radical (unpaired) electrons. The summed E-state index contributed by atoms with van der Waals surface area (Å²) in [5, 5.41) is 3.55. The Morgan fingerprint density at radius 3 is 2.44 bits per heavy atom. The Bertz CT molecular complexity index is 345. The SMILES string of the molecule is C=CC(C)Oc1ccc(C(CC)NCCC)cc1. The predicted octanol–water partition coefficient (Wildman–Crippen LogP) is 4.09. The van der Waals surface area contributed by atoms with Gasteiger partial charge < -0.3 is 10.1 Å². The van der Waals surface area contributed by atoms with Crippen molar-refractivity contribution in [1.29, 1.82) is 0 Å². The van der Waals surface area contributed by atoms with Gasteiger partial charge in [-0.2, -0.15) is 0 Å². The first kappa shape index (κ1) is 14.8. The van der Waals surface area contributed by atoms with E-state index in [4.69, 9.17) is 4.74 Å². The maximum absolute atomic E-state index is 5.67. The summed E-state index contributed by atoms with van der Waals surface area (Å²) in [5.41, 5.74) is 1.32. The number of rotatable bonds is 8. The van der Waals surface area contributed by atoms with Crippen LogP contribution in [0.3, 0.4) is 0 Å². The molecule has 1 aromatic carbocycles. The van der Waals surface area contributed by atoms with E-state index in [0.29, 0.717) is 6.04 Å². The van der Waals surface area contributed by atoms with Gasteiger partial charge in [0.25, 0.3) is 0 Å². The minimum absolute atomic E-state index is 0.0519. The van der Waals surface area contributed by atoms with Crippen LogP contribution >= 0.6 is 0 Å². The predicted molar refractivity (Wildman–Crippen MR) is 78.1 cm³/mol. The van der Waals surface area contributed by atoms with Crippen LogP contribution in [0.4, 0.5) is 0 Å². The summed E-state index contributed by atoms with van der Waals surface area (Å²) in [5.74, 6) is 0.900. The molecule has 0 spiro atoms. The Hall–Kier alpha value is -1.28. The van der Waals surface area contributed by atoms with E-state index in [9.17, 15) is 0 Å². The van der Waals surface area contributed by atoms with Crippen LogP contribution in [0.2, 0.25) is 0 Å². The van der Waals surface area contributed by atoms with Gasteiger partial charge in [0.2, 0.25) is 0 Å². The van der Waals surface area contributed by atoms with Gasteiger partial charge in [0, 0.05) is 6.04 Å². The smallest absolute Gasteiger partial charge is 0.120 e. The maximum Gasteiger partial charge on any atom is 0.120 e. The zero-order valence-corrected chi connectivity index (χ0v) is 11.8. The zero-order valence-electron chi connectivity index (χ0n) is 11.8. The molecule has 0 aliphatic heterocycles. The average Bonchev–Trinajstić information content (AvgIpc) is 2.41. The fourth-order valence-electron chi connectivity index (χ4n) is 1.86. The molecule has 0 aliphatic carbocycles. The van der Waals surface area contributed by atoms with Crippen LogP contribution < -0.4 is 10.1 Å². The van der Waals surface area contributed by atoms with Crippen molar-refractivity contribution in [2.24, 2.45) is 0 Å². The van der Waals surface area contributed by atoms with Crippen LogP contribution in [-0.4, -0.2) is 12.6 Å². The molecule has 0 heterocycles. The second kappa shape index (κ2) is 7.93. The fourth-order valence-corrected chi connectivity index (χ4v) is 1.86. The summed E-state index contributed by atoms with van der Waals surface area (Å²) < 4.78 is 5.67. The highest BCUT2D eigenvalue weighted by molar-refractivity contribution is 5.29. The van der Waals surface area contributed by atoms with Crippen molar-refractivity contribution in [2.75, 3.05) is 6.54 Å². The molecule has 2 nitrogen and oxygen atoms in total. The van der Waals surface area contributed by atoms with Crippen LogP contribution in [0, 0.1) is 0 Å². The van der Waals surface area contributed by atoms with E-state index in [1.165, 1.54) is 5.56 Å². The van der Waals surface area contributed by atoms with Gasteiger partial charge in [0.15, 0.2) is 0 Å². The molecule has 18 heavy (non-hydrogen) atoms. The molecule has 2 atom stereocenters. The number of hydrogen-bond acceptors (Lipinski definition) is 2. The van der Waals surface area contributed by atoms with E-state index in [-0.39, 0.29) is 6.10 Å². The van der Waals surface area contributed by atoms with Crippen molar-refractivity contribution < 1.29 is 4.74 Å². The lowest BCUT2D eigenvalue weighted by Gasteiger charge is -2.18. The molecule has 2 unspecified atom stereocenters. The van der Waals surface area contributed by atoms with Crippen LogP contribution in [0.1, 0.15) is 45.2 Å². The van der Waals surface area contributed by atoms with Gasteiger partial charge in [-0.15, -0.1) is 0 Å². The highest BCUT2D eigenvalue weighted by Gasteiger charge is 2.08. The highest BCUT2D eigenvalue weighted by Crippen LogP contribution is 2.21. The summed E-state index contributed by atoms with van der Waals surface area (Å²) >= 11 is 0. The molecule has 0 saturated carbocycles. The normalized spacial score (nSPS) is 13.9. The fraction of sp³-hybridized carbons (Fsp3) is 0.500. The van der Waals surface area contributed by atoms with Gasteiger partial charge in [-0.1, -0.05) is 38.6 Å². The van der Waals surface area contributed by atoms with Crippen LogP contribution in [-0.2, 0) is 0 Å². The Labute approximate surface area is 111 Å². The Kier molecular flexibility index (Phi) is 6.51. The molecule has 1 rings (SSSR count). The lowest BCUT2D eigenvalue weighted by atomic mass is 10.0. The molecular formula is C16H25NO. The molecule has 0 bridgehead atoms. The van der Waals surface area contributed by atoms with Crippen molar-refractivity contribution in [3.05, 3.63) is 42.5 Å². The minimum Gasteiger partial charge on any atom is -0.487 e. The highest BCUT2D eigenvalue weighted by atomic mass is 16.5. The van der Waals surface area contributed by atoms with E-state index in [2.05, 4.69) is 37.9 Å². The largest absolute Gasteiger partial charge is 0.487 e. The van der Waals surface area contributed by atoms with Gasteiger partial charge in [0.05, 0.1) is 0 Å². The Balaban J connectivity index is 2.65. The molecule has 0 fully saturated rings. The first-order valence-electron chi connectivity index (χ1n) is 6.83. The van der Waals surface area contributed by atoms with Crippen molar-refractivity contribution >= 4 is 0 Å². The Morgan fingerprint density at radius 1 is 1.28 bits per heavy atom. The second-order valence-corrected chi connectivity index (χ2v) is 4.54. The number of hydrogen-bond donors (Lipinski definition) is 1. The number of benzene rings is 1. The van der Waals surface area contributed by atoms with Gasteiger partial charge in [-0.25, -0.2) is 0 Å². The number of ether oxygens (including phenoxy) is 1. The molecule has 0 amide bonds. The van der Waals surface area contributed by atoms with Crippen LogP contribution in [0.15, 0.2) is 36.9 Å². The van der Waals surface area contributed by atoms with E-state index in [1.807, 2.05) is 19.1 Å². The van der Waals surface area contributed by atoms with E-state index in [0.717, 1.165) is 25.1 Å². The van der Waals surface area contributed by atoms with Gasteiger partial charge in [-0.05, 0) is 44.0 Å². The summed E-state index contributed by atoms with van der Waals surface area (Å²) in [7, 11) is 0. The molecule has 0 aliphatic rings. The zero-order chi connectivity index (χ0) is 13.4. The Morgan fingerprint density at radius 2 is 1.94 bits per heavy atom. The third-order valence-electron chi connectivity index (χ3n) is 2.99. The van der Waals surface area contributed by atoms with Gasteiger partial charge in [-0.3, -0.25) is 0 Å². The first-order valence-corrected chi connectivity index (χ1v) is 6.83. The van der Waals surface area contributed by atoms with Crippen LogP contribution in [0.5, 0.6) is 5.75 Å². The van der Waals surface area contributed by atoms with Crippen LogP contribution in [0.25, 0.3) is 0 Å². The number of nitrogens with one attached hydrogen (secondary N) is 1. The van der Waals surface area contributed by atoms with Crippen molar-refractivity contribution in [3.63, 3.8) is 0 Å². The van der Waals surface area contributed by atoms with E-state index in [1.54, 1.807) is 6.08 Å². The molecular weight excluding hydrogens is 222 g/mol. The quantitative estimate of drug-likeness (QED) is 0.699. The molecule has 1 aromatic rings. The van der Waals surface area contributed by atoms with E-state index < -0.39 is 0 Å². The minimum atomic E-state index is 0.0519. The first-order chi connectivity index (χ1) is 8.71.